The van der Waals surface area contributed by atoms with Gasteiger partial charge in [-0.25, -0.2) is 9.59 Å². The van der Waals surface area contributed by atoms with Gasteiger partial charge in [0.15, 0.2) is 0 Å². The molecule has 1 aliphatic rings. The van der Waals surface area contributed by atoms with Crippen molar-refractivity contribution in [1.82, 2.24) is 4.90 Å². The molecule has 0 aromatic rings. The zero-order chi connectivity index (χ0) is 15.7. The molecule has 0 atom stereocenters. The van der Waals surface area contributed by atoms with Crippen molar-refractivity contribution in [2.45, 2.75) is 12.8 Å². The minimum absolute atomic E-state index is 0.0703. The molecule has 0 unspecified atom stereocenters. The summed E-state index contributed by atoms with van der Waals surface area (Å²) in [4.78, 5) is 24.5. The van der Waals surface area contributed by atoms with Gasteiger partial charge in [-0.2, -0.15) is 5.26 Å². The van der Waals surface area contributed by atoms with Crippen molar-refractivity contribution in [3.05, 3.63) is 36.1 Å². The third-order valence-electron chi connectivity index (χ3n) is 2.93. The van der Waals surface area contributed by atoms with Crippen molar-refractivity contribution >= 4 is 11.9 Å². The van der Waals surface area contributed by atoms with Gasteiger partial charge in [-0.3, -0.25) is 0 Å². The first-order valence-electron chi connectivity index (χ1n) is 6.57. The van der Waals surface area contributed by atoms with Crippen molar-refractivity contribution in [2.75, 3.05) is 26.8 Å². The second-order valence-corrected chi connectivity index (χ2v) is 4.38. The highest BCUT2D eigenvalue weighted by Crippen LogP contribution is 2.18. The van der Waals surface area contributed by atoms with Crippen molar-refractivity contribution < 1.29 is 19.1 Å². The molecular weight excluding hydrogens is 272 g/mol. The number of ether oxygens (including phenoxy) is 2. The fourth-order valence-corrected chi connectivity index (χ4v) is 1.79. The molecule has 0 aliphatic carbocycles. The third-order valence-corrected chi connectivity index (χ3v) is 2.93. The largest absolute Gasteiger partial charge is 0.459 e. The summed E-state index contributed by atoms with van der Waals surface area (Å²) in [5.41, 5.74) is 0.994. The Kier molecular flexibility index (Phi) is 6.75. The molecular formula is C15H18N2O4. The van der Waals surface area contributed by atoms with Crippen LogP contribution in [0.3, 0.4) is 0 Å². The number of hydrogen-bond acceptors (Lipinski definition) is 6. The molecule has 0 spiro atoms. The molecule has 0 N–H and O–H groups in total. The Labute approximate surface area is 123 Å². The summed E-state index contributed by atoms with van der Waals surface area (Å²) in [7, 11) is 1.96. The van der Waals surface area contributed by atoms with Gasteiger partial charge >= 0.3 is 11.9 Å². The van der Waals surface area contributed by atoms with Crippen LogP contribution in [0.2, 0.25) is 0 Å². The summed E-state index contributed by atoms with van der Waals surface area (Å²) < 4.78 is 9.50. The van der Waals surface area contributed by atoms with Gasteiger partial charge in [-0.1, -0.05) is 6.58 Å². The minimum atomic E-state index is -0.732. The molecule has 0 aromatic carbocycles. The quantitative estimate of drug-likeness (QED) is 0.318. The predicted molar refractivity (Wildman–Crippen MR) is 75.8 cm³/mol. The average Bonchev–Trinajstić information content (AvgIpc) is 2.89. The summed E-state index contributed by atoms with van der Waals surface area (Å²) in [5.74, 6) is -1.32. The van der Waals surface area contributed by atoms with Crippen LogP contribution in [0, 0.1) is 11.3 Å². The van der Waals surface area contributed by atoms with E-state index in [-0.39, 0.29) is 18.8 Å². The summed E-state index contributed by atoms with van der Waals surface area (Å²) in [6.45, 7) is 4.04. The van der Waals surface area contributed by atoms with E-state index < -0.39 is 11.9 Å². The Bertz CT molecular complexity index is 514. The maximum Gasteiger partial charge on any atom is 0.349 e. The van der Waals surface area contributed by atoms with E-state index in [9.17, 15) is 9.59 Å². The highest BCUT2D eigenvalue weighted by molar-refractivity contribution is 5.93. The van der Waals surface area contributed by atoms with Crippen LogP contribution in [0.25, 0.3) is 0 Å². The fraction of sp³-hybridized carbons (Fsp3) is 0.400. The lowest BCUT2D eigenvalue weighted by molar-refractivity contribution is -0.146. The Morgan fingerprint density at radius 2 is 2.14 bits per heavy atom. The number of nitrogens with zero attached hydrogens (tertiary/aromatic N) is 2. The van der Waals surface area contributed by atoms with E-state index in [1.165, 1.54) is 6.08 Å². The Morgan fingerprint density at radius 3 is 2.71 bits per heavy atom. The van der Waals surface area contributed by atoms with Gasteiger partial charge in [0.1, 0.15) is 24.9 Å². The highest BCUT2D eigenvalue weighted by atomic mass is 16.6. The molecule has 0 radical (unpaired) electrons. The zero-order valence-corrected chi connectivity index (χ0v) is 12.0. The molecule has 21 heavy (non-hydrogen) atoms. The van der Waals surface area contributed by atoms with Crippen LogP contribution < -0.4 is 0 Å². The number of esters is 2. The van der Waals surface area contributed by atoms with Gasteiger partial charge in [0.2, 0.25) is 0 Å². The minimum Gasteiger partial charge on any atom is -0.459 e. The molecule has 0 bridgehead atoms. The van der Waals surface area contributed by atoms with E-state index in [0.29, 0.717) is 0 Å². The highest BCUT2D eigenvalue weighted by Gasteiger charge is 2.13. The zero-order valence-electron chi connectivity index (χ0n) is 12.0. The molecule has 112 valence electrons. The van der Waals surface area contributed by atoms with E-state index >= 15 is 0 Å². The molecule has 1 heterocycles. The molecule has 1 saturated heterocycles. The lowest BCUT2D eigenvalue weighted by atomic mass is 10.2. The van der Waals surface area contributed by atoms with Gasteiger partial charge in [-0.15, -0.1) is 0 Å². The van der Waals surface area contributed by atoms with E-state index in [0.717, 1.165) is 31.2 Å². The van der Waals surface area contributed by atoms with Crippen molar-refractivity contribution in [3.63, 3.8) is 0 Å². The van der Waals surface area contributed by atoms with Gasteiger partial charge in [0.05, 0.1) is 0 Å². The topological polar surface area (TPSA) is 79.6 Å². The molecule has 6 nitrogen and oxygen atoms in total. The second kappa shape index (κ2) is 8.59. The first-order chi connectivity index (χ1) is 10.1. The molecule has 0 amide bonds. The SMILES string of the molecule is C=CC(=O)OCCOC(=O)/C(C#N)=C\C=C1/CCCN1C. The summed E-state index contributed by atoms with van der Waals surface area (Å²) >= 11 is 0. The second-order valence-electron chi connectivity index (χ2n) is 4.38. The smallest absolute Gasteiger partial charge is 0.349 e. The molecule has 0 saturated carbocycles. The number of rotatable bonds is 6. The number of hydrogen-bond donors (Lipinski definition) is 0. The van der Waals surface area contributed by atoms with E-state index in [1.54, 1.807) is 12.1 Å². The predicted octanol–water partition coefficient (Wildman–Crippen LogP) is 1.32. The van der Waals surface area contributed by atoms with Gasteiger partial charge < -0.3 is 14.4 Å². The van der Waals surface area contributed by atoms with Crippen LogP contribution in [-0.2, 0) is 19.1 Å². The number of likely N-dealkylation sites (tertiary alicyclic amines) is 1. The standard InChI is InChI=1S/C15H18N2O4/c1-3-14(18)20-9-10-21-15(19)12(11-16)6-7-13-5-4-8-17(13)2/h3,6-7H,1,4-5,8-10H2,2H3/b12-6-,13-7+. The molecule has 0 aromatic heterocycles. The average molecular weight is 290 g/mol. The molecule has 1 rings (SSSR count). The van der Waals surface area contributed by atoms with Crippen LogP contribution in [0.15, 0.2) is 36.1 Å². The maximum absolute atomic E-state index is 11.7. The van der Waals surface area contributed by atoms with Crippen LogP contribution in [-0.4, -0.2) is 43.6 Å². The summed E-state index contributed by atoms with van der Waals surface area (Å²) in [5, 5.41) is 8.96. The molecule has 1 fully saturated rings. The lowest BCUT2D eigenvalue weighted by Crippen LogP contribution is -2.14. The van der Waals surface area contributed by atoms with E-state index in [1.807, 2.05) is 7.05 Å². The van der Waals surface area contributed by atoms with Crippen LogP contribution in [0.4, 0.5) is 0 Å². The third kappa shape index (κ3) is 5.53. The summed E-state index contributed by atoms with van der Waals surface area (Å²) in [6.07, 6.45) is 6.22. The Morgan fingerprint density at radius 1 is 1.43 bits per heavy atom. The van der Waals surface area contributed by atoms with Crippen LogP contribution >= 0.6 is 0 Å². The normalized spacial score (nSPS) is 16.5. The lowest BCUT2D eigenvalue weighted by Gasteiger charge is -2.11. The van der Waals surface area contributed by atoms with E-state index in [2.05, 4.69) is 16.2 Å². The number of carbonyl (C=O) groups is 2. The Balaban J connectivity index is 2.48. The number of allylic oxidation sites excluding steroid dienone is 3. The summed E-state index contributed by atoms with van der Waals surface area (Å²) in [6, 6.07) is 1.80. The van der Waals surface area contributed by atoms with Crippen molar-refractivity contribution in [1.29, 1.82) is 5.26 Å². The van der Waals surface area contributed by atoms with Crippen LogP contribution in [0.1, 0.15) is 12.8 Å². The fourth-order valence-electron chi connectivity index (χ4n) is 1.79. The van der Waals surface area contributed by atoms with E-state index in [4.69, 9.17) is 10.00 Å². The molecule has 1 aliphatic heterocycles. The van der Waals surface area contributed by atoms with Gasteiger partial charge in [-0.05, 0) is 25.0 Å². The van der Waals surface area contributed by atoms with Crippen LogP contribution in [0.5, 0.6) is 0 Å². The number of carbonyl (C=O) groups excluding carboxylic acids is 2. The maximum atomic E-state index is 11.7. The molecule has 6 heteroatoms. The Hall–Kier alpha value is -2.55. The number of nitriles is 1. The first-order valence-corrected chi connectivity index (χ1v) is 6.57. The monoisotopic (exact) mass is 290 g/mol. The first kappa shape index (κ1) is 16.5. The van der Waals surface area contributed by atoms with Crippen molar-refractivity contribution in [2.24, 2.45) is 0 Å². The van der Waals surface area contributed by atoms with Gasteiger partial charge in [0, 0.05) is 25.4 Å². The van der Waals surface area contributed by atoms with Gasteiger partial charge in [0.25, 0.3) is 0 Å². The van der Waals surface area contributed by atoms with Crippen molar-refractivity contribution in [3.8, 4) is 6.07 Å².